The summed E-state index contributed by atoms with van der Waals surface area (Å²) in [6, 6.07) is 11.6. The molecule has 2 aliphatic heterocycles. The van der Waals surface area contributed by atoms with Crippen LogP contribution in [0.1, 0.15) is 39.3 Å². The average molecular weight is 479 g/mol. The maximum Gasteiger partial charge on any atom is 0.274 e. The first-order valence-electron chi connectivity index (χ1n) is 11.4. The van der Waals surface area contributed by atoms with Gasteiger partial charge in [0.25, 0.3) is 11.8 Å². The normalized spacial score (nSPS) is 22.1. The van der Waals surface area contributed by atoms with E-state index in [0.717, 1.165) is 24.2 Å². The Hall–Kier alpha value is -3.46. The number of hydrogen-bond donors (Lipinski definition) is 2. The first-order valence-corrected chi connectivity index (χ1v) is 12.2. The number of fused-ring (bicyclic) bond motifs is 2. The Kier molecular flexibility index (Phi) is 5.02. The van der Waals surface area contributed by atoms with Gasteiger partial charge in [0.15, 0.2) is 5.13 Å². The Morgan fingerprint density at radius 1 is 1.24 bits per heavy atom. The van der Waals surface area contributed by atoms with Gasteiger partial charge >= 0.3 is 0 Å². The van der Waals surface area contributed by atoms with Crippen molar-refractivity contribution in [2.45, 2.75) is 31.3 Å². The largest absolute Gasteiger partial charge is 0.493 e. The van der Waals surface area contributed by atoms with Gasteiger partial charge in [0.2, 0.25) is 0 Å². The van der Waals surface area contributed by atoms with Gasteiger partial charge in [-0.15, -0.1) is 0 Å². The monoisotopic (exact) mass is 478 g/mol. The quantitative estimate of drug-likeness (QED) is 0.585. The number of nitrogens with one attached hydrogen (secondary N) is 1. The van der Waals surface area contributed by atoms with E-state index in [1.165, 1.54) is 23.5 Å². The van der Waals surface area contributed by atoms with Crippen LogP contribution in [0.5, 0.6) is 5.75 Å². The minimum Gasteiger partial charge on any atom is -0.493 e. The van der Waals surface area contributed by atoms with E-state index in [1.54, 1.807) is 18.2 Å². The van der Waals surface area contributed by atoms with E-state index < -0.39 is 0 Å². The summed E-state index contributed by atoms with van der Waals surface area (Å²) in [5.41, 5.74) is 8.33. The molecule has 2 fully saturated rings. The summed E-state index contributed by atoms with van der Waals surface area (Å²) >= 11 is 1.18. The second-order valence-corrected chi connectivity index (χ2v) is 10.0. The summed E-state index contributed by atoms with van der Waals surface area (Å²) in [4.78, 5) is 33.3. The van der Waals surface area contributed by atoms with Crippen molar-refractivity contribution in [1.29, 1.82) is 0 Å². The number of hydrogen-bond acceptors (Lipinski definition) is 6. The summed E-state index contributed by atoms with van der Waals surface area (Å²) < 4.78 is 19.4. The maximum atomic E-state index is 13.8. The zero-order valence-corrected chi connectivity index (χ0v) is 19.1. The number of aromatic nitrogens is 1. The van der Waals surface area contributed by atoms with Crippen LogP contribution in [0.15, 0.2) is 42.5 Å². The molecule has 3 atom stereocenters. The number of likely N-dealkylation sites (tertiary alicyclic amines) is 1. The van der Waals surface area contributed by atoms with E-state index in [2.05, 4.69) is 10.3 Å². The molecule has 3 aliphatic rings. The van der Waals surface area contributed by atoms with E-state index in [9.17, 15) is 14.0 Å². The van der Waals surface area contributed by atoms with Crippen molar-refractivity contribution in [2.75, 3.05) is 18.9 Å². The second kappa shape index (κ2) is 8.09. The predicted octanol–water partition coefficient (Wildman–Crippen LogP) is 3.50. The second-order valence-electron chi connectivity index (χ2n) is 9.00. The molecule has 34 heavy (non-hydrogen) atoms. The van der Waals surface area contributed by atoms with Crippen LogP contribution in [0.2, 0.25) is 0 Å². The molecule has 0 bridgehead atoms. The molecule has 1 aliphatic carbocycles. The van der Waals surface area contributed by atoms with Crippen LogP contribution in [0.25, 0.3) is 10.4 Å². The molecule has 7 nitrogen and oxygen atoms in total. The smallest absolute Gasteiger partial charge is 0.274 e. The summed E-state index contributed by atoms with van der Waals surface area (Å²) in [5.74, 6) is 0.440. The number of carbonyl (C=O) groups excluding carboxylic acids is 2. The molecule has 6 rings (SSSR count). The van der Waals surface area contributed by atoms with Crippen molar-refractivity contribution in [3.63, 3.8) is 0 Å². The molecule has 3 aromatic rings. The van der Waals surface area contributed by atoms with Gasteiger partial charge in [0, 0.05) is 30.1 Å². The Bertz CT molecular complexity index is 1310. The number of rotatable bonds is 5. The van der Waals surface area contributed by atoms with Gasteiger partial charge < -0.3 is 20.7 Å². The number of amides is 2. The molecule has 174 valence electrons. The topological polar surface area (TPSA) is 97.5 Å². The molecule has 3 heterocycles. The van der Waals surface area contributed by atoms with Crippen molar-refractivity contribution in [3.05, 3.63) is 65.1 Å². The van der Waals surface area contributed by atoms with Gasteiger partial charge in [-0.25, -0.2) is 9.37 Å². The highest BCUT2D eigenvalue weighted by molar-refractivity contribution is 7.19. The van der Waals surface area contributed by atoms with Gasteiger partial charge in [0.05, 0.1) is 17.5 Å². The van der Waals surface area contributed by atoms with Gasteiger partial charge in [-0.2, -0.15) is 0 Å². The fourth-order valence-electron chi connectivity index (χ4n) is 5.23. The minimum absolute atomic E-state index is 0.128. The Balaban J connectivity index is 1.22. The van der Waals surface area contributed by atoms with E-state index in [1.807, 2.05) is 17.0 Å². The summed E-state index contributed by atoms with van der Waals surface area (Å²) in [5, 5.41) is 3.29. The third-order valence-corrected chi connectivity index (χ3v) is 7.80. The van der Waals surface area contributed by atoms with Crippen molar-refractivity contribution in [3.8, 4) is 16.2 Å². The van der Waals surface area contributed by atoms with Gasteiger partial charge in [0.1, 0.15) is 17.3 Å². The van der Waals surface area contributed by atoms with E-state index in [0.29, 0.717) is 41.5 Å². The van der Waals surface area contributed by atoms with Crippen LogP contribution >= 0.6 is 11.3 Å². The number of nitrogens with zero attached hydrogens (tertiary/aromatic N) is 2. The number of nitrogens with two attached hydrogens (primary N) is 1. The van der Waals surface area contributed by atoms with E-state index >= 15 is 0 Å². The summed E-state index contributed by atoms with van der Waals surface area (Å²) in [6.07, 6.45) is 2.50. The maximum absolute atomic E-state index is 13.8. The third kappa shape index (κ3) is 3.60. The third-order valence-electron chi connectivity index (χ3n) is 6.86. The minimum atomic E-state index is -0.385. The number of benzene rings is 2. The lowest BCUT2D eigenvalue weighted by atomic mass is 10.0. The number of piperidine rings is 1. The molecule has 0 radical (unpaired) electrons. The van der Waals surface area contributed by atoms with Crippen LogP contribution in [-0.4, -0.2) is 46.9 Å². The van der Waals surface area contributed by atoms with Crippen molar-refractivity contribution < 1.29 is 18.7 Å². The average Bonchev–Trinajstić information content (AvgIpc) is 3.18. The lowest BCUT2D eigenvalue weighted by Crippen LogP contribution is -2.45. The van der Waals surface area contributed by atoms with Crippen molar-refractivity contribution in [2.24, 2.45) is 5.92 Å². The van der Waals surface area contributed by atoms with Crippen molar-refractivity contribution in [1.82, 2.24) is 15.2 Å². The van der Waals surface area contributed by atoms with Crippen LogP contribution in [0.3, 0.4) is 0 Å². The Morgan fingerprint density at radius 3 is 2.94 bits per heavy atom. The van der Waals surface area contributed by atoms with Crippen LogP contribution in [0, 0.1) is 11.7 Å². The summed E-state index contributed by atoms with van der Waals surface area (Å²) in [7, 11) is 0. The zero-order chi connectivity index (χ0) is 23.4. The van der Waals surface area contributed by atoms with Crippen LogP contribution < -0.4 is 15.8 Å². The van der Waals surface area contributed by atoms with E-state index in [4.69, 9.17) is 10.5 Å². The number of anilines is 1. The number of thiazole rings is 1. The lowest BCUT2D eigenvalue weighted by Gasteiger charge is -2.27. The number of carbonyl (C=O) groups is 2. The van der Waals surface area contributed by atoms with Crippen LogP contribution in [-0.2, 0) is 6.42 Å². The highest BCUT2D eigenvalue weighted by Gasteiger charge is 2.54. The molecule has 2 amide bonds. The lowest BCUT2D eigenvalue weighted by molar-refractivity contribution is 0.0684. The SMILES string of the molecule is Nc1nc(C(=O)N2C(CNC(=O)c3cccc4c3CCO4)CC3CC32)c(-c2cccc(F)c2)s1. The van der Waals surface area contributed by atoms with Crippen LogP contribution in [0.4, 0.5) is 9.52 Å². The Morgan fingerprint density at radius 2 is 2.09 bits per heavy atom. The first kappa shape index (κ1) is 21.1. The highest BCUT2D eigenvalue weighted by Crippen LogP contribution is 2.49. The summed E-state index contributed by atoms with van der Waals surface area (Å²) in [6.45, 7) is 0.940. The molecular formula is C25H23FN4O3S. The highest BCUT2D eigenvalue weighted by atomic mass is 32.1. The molecule has 3 N–H and O–H groups in total. The fraction of sp³-hybridized carbons (Fsp3) is 0.320. The molecule has 1 saturated heterocycles. The molecular weight excluding hydrogens is 455 g/mol. The van der Waals surface area contributed by atoms with Gasteiger partial charge in [-0.1, -0.05) is 29.5 Å². The standard InChI is InChI=1S/C25H23FN4O3S/c26-15-4-1-3-13(9-15)22-21(29-25(27)34-22)24(32)30-16(10-14-11-19(14)30)12-28-23(31)18-5-2-6-20-17(18)7-8-33-20/h1-6,9,14,16,19H,7-8,10-12H2,(H2,27,29)(H,28,31). The predicted molar refractivity (Wildman–Crippen MR) is 126 cm³/mol. The first-order chi connectivity index (χ1) is 16.5. The molecule has 9 heteroatoms. The zero-order valence-electron chi connectivity index (χ0n) is 18.3. The molecule has 1 saturated carbocycles. The molecule has 3 unspecified atom stereocenters. The van der Waals surface area contributed by atoms with Crippen molar-refractivity contribution >= 4 is 28.3 Å². The number of nitrogen functional groups attached to an aromatic ring is 1. The molecule has 2 aromatic carbocycles. The Labute approximate surface area is 199 Å². The number of halogens is 1. The van der Waals surface area contributed by atoms with E-state index in [-0.39, 0.29) is 40.5 Å². The van der Waals surface area contributed by atoms with Gasteiger partial charge in [-0.3, -0.25) is 9.59 Å². The fourth-order valence-corrected chi connectivity index (χ4v) is 6.05. The van der Waals surface area contributed by atoms with Gasteiger partial charge in [-0.05, 0) is 48.6 Å². The number of ether oxygens (including phenoxy) is 1. The molecule has 1 aromatic heterocycles. The molecule has 0 spiro atoms.